The van der Waals surface area contributed by atoms with E-state index in [9.17, 15) is 4.79 Å². The van der Waals surface area contributed by atoms with Crippen LogP contribution in [-0.4, -0.2) is 22.4 Å². The summed E-state index contributed by atoms with van der Waals surface area (Å²) in [6.45, 7) is 0.665. The highest BCUT2D eigenvalue weighted by molar-refractivity contribution is 5.94. The Kier molecular flexibility index (Phi) is 3.23. The molecule has 0 amide bonds. The number of rotatable bonds is 3. The number of fused-ring (bicyclic) bond motifs is 1. The van der Waals surface area contributed by atoms with E-state index in [1.165, 1.54) is 6.33 Å². The molecule has 0 bridgehead atoms. The Morgan fingerprint density at radius 3 is 3.05 bits per heavy atom. The fourth-order valence-electron chi connectivity index (χ4n) is 2.41. The quantitative estimate of drug-likeness (QED) is 0.790. The van der Waals surface area contributed by atoms with E-state index in [2.05, 4.69) is 9.97 Å². The van der Waals surface area contributed by atoms with Gasteiger partial charge in [-0.2, -0.15) is 0 Å². The number of hydrogen-bond acceptors (Lipinski definition) is 4. The first-order chi connectivity index (χ1) is 9.34. The zero-order valence-electron chi connectivity index (χ0n) is 10.5. The Bertz CT molecular complexity index is 584. The van der Waals surface area contributed by atoms with Crippen LogP contribution in [0.4, 0.5) is 0 Å². The maximum absolute atomic E-state index is 12.2. The molecule has 2 aromatic rings. The van der Waals surface area contributed by atoms with Crippen LogP contribution in [-0.2, 0) is 0 Å². The van der Waals surface area contributed by atoms with E-state index < -0.39 is 0 Å². The van der Waals surface area contributed by atoms with Gasteiger partial charge >= 0.3 is 0 Å². The van der Waals surface area contributed by atoms with E-state index in [1.807, 2.05) is 24.3 Å². The monoisotopic (exact) mass is 254 g/mol. The van der Waals surface area contributed by atoms with Crippen molar-refractivity contribution >= 4 is 5.78 Å². The van der Waals surface area contributed by atoms with Crippen LogP contribution >= 0.6 is 0 Å². The molecule has 0 saturated carbocycles. The largest absolute Gasteiger partial charge is 0.493 e. The third kappa shape index (κ3) is 2.47. The zero-order valence-corrected chi connectivity index (χ0v) is 10.5. The van der Waals surface area contributed by atoms with Gasteiger partial charge in [-0.25, -0.2) is 9.97 Å². The number of ketones is 1. The predicted molar refractivity (Wildman–Crippen MR) is 70.3 cm³/mol. The van der Waals surface area contributed by atoms with Crippen molar-refractivity contribution in [3.05, 3.63) is 54.1 Å². The van der Waals surface area contributed by atoms with E-state index in [1.54, 1.807) is 12.3 Å². The molecule has 96 valence electrons. The first-order valence-electron chi connectivity index (χ1n) is 6.35. The van der Waals surface area contributed by atoms with Crippen LogP contribution in [0, 0.1) is 0 Å². The third-order valence-electron chi connectivity index (χ3n) is 3.38. The van der Waals surface area contributed by atoms with E-state index in [4.69, 9.17) is 4.74 Å². The van der Waals surface area contributed by atoms with Crippen molar-refractivity contribution in [2.24, 2.45) is 0 Å². The van der Waals surface area contributed by atoms with Crippen molar-refractivity contribution in [3.63, 3.8) is 0 Å². The molecule has 1 aromatic carbocycles. The number of Topliss-reactive ketones (excluding diaryl/α,β-unsaturated/α-hetero) is 1. The number of aromatic nitrogens is 2. The van der Waals surface area contributed by atoms with Crippen LogP contribution in [0.25, 0.3) is 0 Å². The van der Waals surface area contributed by atoms with Gasteiger partial charge in [-0.3, -0.25) is 4.79 Å². The lowest BCUT2D eigenvalue weighted by Crippen LogP contribution is -2.17. The summed E-state index contributed by atoms with van der Waals surface area (Å²) in [5, 5.41) is 0. The molecule has 1 unspecified atom stereocenters. The molecular formula is C15H14N2O2. The zero-order chi connectivity index (χ0) is 13.1. The minimum Gasteiger partial charge on any atom is -0.493 e. The van der Waals surface area contributed by atoms with Crippen LogP contribution < -0.4 is 4.74 Å². The first-order valence-corrected chi connectivity index (χ1v) is 6.35. The second kappa shape index (κ2) is 5.18. The maximum atomic E-state index is 12.2. The lowest BCUT2D eigenvalue weighted by atomic mass is 9.88. The molecule has 19 heavy (non-hydrogen) atoms. The molecule has 1 atom stereocenters. The fourth-order valence-corrected chi connectivity index (χ4v) is 2.41. The van der Waals surface area contributed by atoms with Gasteiger partial charge in [0.15, 0.2) is 5.78 Å². The molecule has 4 heteroatoms. The number of hydrogen-bond donors (Lipinski definition) is 0. The molecule has 3 rings (SSSR count). The Labute approximate surface area is 111 Å². The average molecular weight is 254 g/mol. The van der Waals surface area contributed by atoms with Gasteiger partial charge in [0, 0.05) is 12.6 Å². The number of benzene rings is 1. The Morgan fingerprint density at radius 1 is 1.32 bits per heavy atom. The molecule has 1 aromatic heterocycles. The predicted octanol–water partition coefficient (Wildman–Crippen LogP) is 2.62. The Balaban J connectivity index is 1.80. The molecule has 0 aliphatic carbocycles. The van der Waals surface area contributed by atoms with E-state index in [-0.39, 0.29) is 11.7 Å². The highest BCUT2D eigenvalue weighted by atomic mass is 16.5. The molecule has 0 saturated heterocycles. The summed E-state index contributed by atoms with van der Waals surface area (Å²) in [5.74, 6) is 1.17. The summed E-state index contributed by atoms with van der Waals surface area (Å²) in [4.78, 5) is 20.0. The Morgan fingerprint density at radius 2 is 2.21 bits per heavy atom. The lowest BCUT2D eigenvalue weighted by molar-refractivity contribution is 0.0961. The topological polar surface area (TPSA) is 52.1 Å². The average Bonchev–Trinajstić information content (AvgIpc) is 2.48. The maximum Gasteiger partial charge on any atom is 0.181 e. The summed E-state index contributed by atoms with van der Waals surface area (Å²) in [6.07, 6.45) is 4.34. The summed E-state index contributed by atoms with van der Waals surface area (Å²) >= 11 is 0. The first kappa shape index (κ1) is 11.8. The SMILES string of the molecule is O=C(CC1CCOc2ccccc21)c1ccncn1. The van der Waals surface area contributed by atoms with Crippen molar-refractivity contribution in [2.75, 3.05) is 6.61 Å². The van der Waals surface area contributed by atoms with Crippen molar-refractivity contribution in [2.45, 2.75) is 18.8 Å². The molecule has 1 aliphatic rings. The summed E-state index contributed by atoms with van der Waals surface area (Å²) in [7, 11) is 0. The van der Waals surface area contributed by atoms with Crippen molar-refractivity contribution in [1.29, 1.82) is 0 Å². The number of para-hydroxylation sites is 1. The molecular weight excluding hydrogens is 240 g/mol. The second-order valence-electron chi connectivity index (χ2n) is 4.59. The van der Waals surface area contributed by atoms with Crippen molar-refractivity contribution in [3.8, 4) is 5.75 Å². The van der Waals surface area contributed by atoms with Crippen LogP contribution in [0.5, 0.6) is 5.75 Å². The minimum atomic E-state index is 0.0594. The van der Waals surface area contributed by atoms with Crippen LogP contribution in [0.1, 0.15) is 34.8 Å². The van der Waals surface area contributed by atoms with E-state index in [0.717, 1.165) is 17.7 Å². The normalized spacial score (nSPS) is 17.4. The summed E-state index contributed by atoms with van der Waals surface area (Å²) in [5.41, 5.74) is 1.61. The van der Waals surface area contributed by atoms with E-state index in [0.29, 0.717) is 18.7 Å². The number of carbonyl (C=O) groups is 1. The van der Waals surface area contributed by atoms with Gasteiger partial charge in [0.25, 0.3) is 0 Å². The van der Waals surface area contributed by atoms with Gasteiger partial charge in [0.1, 0.15) is 17.8 Å². The van der Waals surface area contributed by atoms with Gasteiger partial charge in [0.2, 0.25) is 0 Å². The number of nitrogens with zero attached hydrogens (tertiary/aromatic N) is 2. The molecule has 2 heterocycles. The molecule has 0 fully saturated rings. The molecule has 0 spiro atoms. The third-order valence-corrected chi connectivity index (χ3v) is 3.38. The molecule has 1 aliphatic heterocycles. The van der Waals surface area contributed by atoms with Gasteiger partial charge < -0.3 is 4.74 Å². The molecule has 0 N–H and O–H groups in total. The lowest BCUT2D eigenvalue weighted by Gasteiger charge is -2.25. The highest BCUT2D eigenvalue weighted by Crippen LogP contribution is 2.35. The number of carbonyl (C=O) groups excluding carboxylic acids is 1. The standard InChI is InChI=1S/C15H14N2O2/c18-14(13-5-7-16-10-17-13)9-11-6-8-19-15-4-2-1-3-12(11)15/h1-5,7,10-11H,6,8-9H2. The molecule has 0 radical (unpaired) electrons. The van der Waals surface area contributed by atoms with Crippen LogP contribution in [0.2, 0.25) is 0 Å². The van der Waals surface area contributed by atoms with Gasteiger partial charge in [-0.05, 0) is 30.0 Å². The molecule has 4 nitrogen and oxygen atoms in total. The summed E-state index contributed by atoms with van der Waals surface area (Å²) < 4.78 is 5.60. The van der Waals surface area contributed by atoms with Gasteiger partial charge in [0.05, 0.1) is 6.61 Å². The fraction of sp³-hybridized carbons (Fsp3) is 0.267. The summed E-state index contributed by atoms with van der Waals surface area (Å²) in [6, 6.07) is 9.58. The second-order valence-corrected chi connectivity index (χ2v) is 4.59. The number of ether oxygens (including phenoxy) is 1. The van der Waals surface area contributed by atoms with Crippen LogP contribution in [0.15, 0.2) is 42.9 Å². The highest BCUT2D eigenvalue weighted by Gasteiger charge is 2.24. The van der Waals surface area contributed by atoms with Gasteiger partial charge in [-0.15, -0.1) is 0 Å². The van der Waals surface area contributed by atoms with Crippen molar-refractivity contribution in [1.82, 2.24) is 9.97 Å². The van der Waals surface area contributed by atoms with Crippen molar-refractivity contribution < 1.29 is 9.53 Å². The Hall–Kier alpha value is -2.23. The van der Waals surface area contributed by atoms with Crippen LogP contribution in [0.3, 0.4) is 0 Å². The van der Waals surface area contributed by atoms with Gasteiger partial charge in [-0.1, -0.05) is 18.2 Å². The minimum absolute atomic E-state index is 0.0594. The smallest absolute Gasteiger partial charge is 0.181 e. The van der Waals surface area contributed by atoms with E-state index >= 15 is 0 Å².